The van der Waals surface area contributed by atoms with Crippen LogP contribution in [0.15, 0.2) is 42.7 Å². The summed E-state index contributed by atoms with van der Waals surface area (Å²) in [5.74, 6) is 0. The van der Waals surface area contributed by atoms with Crippen molar-refractivity contribution in [3.63, 3.8) is 0 Å². The summed E-state index contributed by atoms with van der Waals surface area (Å²) in [4.78, 5) is 0. The third kappa shape index (κ3) is 2.02. The Bertz CT molecular complexity index is 681. The van der Waals surface area contributed by atoms with Crippen molar-refractivity contribution in [3.05, 3.63) is 53.4 Å². The van der Waals surface area contributed by atoms with Crippen LogP contribution >= 0.6 is 11.6 Å². The van der Waals surface area contributed by atoms with E-state index in [2.05, 4.69) is 34.1 Å². The Morgan fingerprint density at radius 3 is 2.89 bits per heavy atom. The van der Waals surface area contributed by atoms with Gasteiger partial charge in [0.15, 0.2) is 0 Å². The molecule has 0 saturated carbocycles. The minimum atomic E-state index is 0.781. The van der Waals surface area contributed by atoms with E-state index in [0.29, 0.717) is 0 Å². The first kappa shape index (κ1) is 11.4. The van der Waals surface area contributed by atoms with Crippen molar-refractivity contribution in [3.8, 4) is 0 Å². The zero-order chi connectivity index (χ0) is 12.5. The van der Waals surface area contributed by atoms with Crippen molar-refractivity contribution < 1.29 is 0 Å². The molecule has 0 N–H and O–H groups in total. The molecule has 2 heterocycles. The van der Waals surface area contributed by atoms with Crippen molar-refractivity contribution in [2.24, 2.45) is 7.05 Å². The Labute approximate surface area is 111 Å². The van der Waals surface area contributed by atoms with Crippen molar-refractivity contribution in [2.75, 3.05) is 0 Å². The molecule has 0 unspecified atom stereocenters. The van der Waals surface area contributed by atoms with Crippen LogP contribution in [0.1, 0.15) is 5.69 Å². The van der Waals surface area contributed by atoms with Crippen LogP contribution in [0.4, 0.5) is 0 Å². The summed E-state index contributed by atoms with van der Waals surface area (Å²) in [6.07, 6.45) is 4.91. The van der Waals surface area contributed by atoms with Crippen LogP contribution in [-0.2, 0) is 20.0 Å². The fourth-order valence-corrected chi connectivity index (χ4v) is 2.40. The Balaban J connectivity index is 1.87. The Morgan fingerprint density at radius 2 is 2.11 bits per heavy atom. The van der Waals surface area contributed by atoms with E-state index < -0.39 is 0 Å². The van der Waals surface area contributed by atoms with E-state index in [9.17, 15) is 0 Å². The van der Waals surface area contributed by atoms with Crippen molar-refractivity contribution in [1.82, 2.24) is 14.3 Å². The van der Waals surface area contributed by atoms with E-state index in [1.165, 1.54) is 16.6 Å². The number of nitrogens with zero attached hydrogens (tertiary/aromatic N) is 3. The molecule has 0 amide bonds. The molecule has 3 rings (SSSR count). The molecule has 0 atom stereocenters. The topological polar surface area (TPSA) is 22.8 Å². The normalized spacial score (nSPS) is 11.2. The minimum Gasteiger partial charge on any atom is -0.347 e. The third-order valence-corrected chi connectivity index (χ3v) is 3.50. The molecule has 18 heavy (non-hydrogen) atoms. The zero-order valence-corrected chi connectivity index (χ0v) is 10.9. The zero-order valence-electron chi connectivity index (χ0n) is 10.2. The number of hydrogen-bond donors (Lipinski definition) is 0. The molecule has 0 saturated heterocycles. The number of rotatable bonds is 3. The van der Waals surface area contributed by atoms with E-state index in [0.717, 1.165) is 18.0 Å². The van der Waals surface area contributed by atoms with Gasteiger partial charge in [-0.1, -0.05) is 17.7 Å². The van der Waals surface area contributed by atoms with E-state index in [-0.39, 0.29) is 0 Å². The van der Waals surface area contributed by atoms with Gasteiger partial charge in [0.1, 0.15) is 0 Å². The van der Waals surface area contributed by atoms with E-state index in [1.807, 2.05) is 30.1 Å². The second-order valence-electron chi connectivity index (χ2n) is 4.41. The average molecular weight is 260 g/mol. The smallest absolute Gasteiger partial charge is 0.0495 e. The molecule has 3 aromatic rings. The highest BCUT2D eigenvalue weighted by Crippen LogP contribution is 2.20. The molecule has 0 aliphatic rings. The second-order valence-corrected chi connectivity index (χ2v) is 4.84. The molecular weight excluding hydrogens is 246 g/mol. The Morgan fingerprint density at radius 1 is 1.22 bits per heavy atom. The van der Waals surface area contributed by atoms with E-state index in [1.54, 1.807) is 0 Å². The highest BCUT2D eigenvalue weighted by molar-refractivity contribution is 6.31. The van der Waals surface area contributed by atoms with Crippen molar-refractivity contribution in [2.45, 2.75) is 13.0 Å². The lowest BCUT2D eigenvalue weighted by Crippen LogP contribution is -2.04. The monoisotopic (exact) mass is 259 g/mol. The van der Waals surface area contributed by atoms with Gasteiger partial charge in [-0.05, 0) is 29.7 Å². The summed E-state index contributed by atoms with van der Waals surface area (Å²) in [6, 6.07) is 10.2. The maximum absolute atomic E-state index is 6.05. The summed E-state index contributed by atoms with van der Waals surface area (Å²) in [7, 11) is 1.97. The van der Waals surface area contributed by atoms with Crippen molar-refractivity contribution >= 4 is 22.5 Å². The van der Waals surface area contributed by atoms with Gasteiger partial charge >= 0.3 is 0 Å². The van der Waals surface area contributed by atoms with Gasteiger partial charge < -0.3 is 4.57 Å². The summed E-state index contributed by atoms with van der Waals surface area (Å²) in [6.45, 7) is 0.934. The largest absolute Gasteiger partial charge is 0.347 e. The standard InChI is InChI=1S/C14H14ClN3/c1-17-13(4-7-16-17)6-9-18-8-5-11-2-3-12(15)10-14(11)18/h2-5,7-8,10H,6,9H2,1H3. The van der Waals surface area contributed by atoms with Crippen LogP contribution in [0.2, 0.25) is 5.02 Å². The van der Waals surface area contributed by atoms with Crippen LogP contribution in [0.5, 0.6) is 0 Å². The second kappa shape index (κ2) is 4.50. The maximum Gasteiger partial charge on any atom is 0.0495 e. The summed E-state index contributed by atoms with van der Waals surface area (Å²) in [5, 5.41) is 6.19. The van der Waals surface area contributed by atoms with Crippen LogP contribution in [0.3, 0.4) is 0 Å². The average Bonchev–Trinajstić information content (AvgIpc) is 2.93. The Hall–Kier alpha value is -1.74. The van der Waals surface area contributed by atoms with Gasteiger partial charge in [-0.15, -0.1) is 0 Å². The molecule has 2 aromatic heterocycles. The molecule has 0 radical (unpaired) electrons. The number of aryl methyl sites for hydroxylation is 3. The summed E-state index contributed by atoms with van der Waals surface area (Å²) >= 11 is 6.05. The maximum atomic E-state index is 6.05. The molecular formula is C14H14ClN3. The van der Waals surface area contributed by atoms with Gasteiger partial charge in [0.05, 0.1) is 0 Å². The predicted octanol–water partition coefficient (Wildman–Crippen LogP) is 3.27. The SMILES string of the molecule is Cn1nccc1CCn1ccc2ccc(Cl)cc21. The number of benzene rings is 1. The highest BCUT2D eigenvalue weighted by Gasteiger charge is 2.03. The lowest BCUT2D eigenvalue weighted by atomic mass is 10.2. The molecule has 0 fully saturated rings. The third-order valence-electron chi connectivity index (χ3n) is 3.27. The minimum absolute atomic E-state index is 0.781. The van der Waals surface area contributed by atoms with E-state index in [4.69, 9.17) is 11.6 Å². The molecule has 4 heteroatoms. The van der Waals surface area contributed by atoms with Crippen LogP contribution in [0.25, 0.3) is 10.9 Å². The molecule has 3 nitrogen and oxygen atoms in total. The summed E-state index contributed by atoms with van der Waals surface area (Å²) in [5.41, 5.74) is 2.42. The molecule has 0 spiro atoms. The number of fused-ring (bicyclic) bond motifs is 1. The molecule has 0 aliphatic carbocycles. The van der Waals surface area contributed by atoms with E-state index >= 15 is 0 Å². The molecule has 92 valence electrons. The van der Waals surface area contributed by atoms with Gasteiger partial charge in [-0.2, -0.15) is 5.10 Å². The van der Waals surface area contributed by atoms with Crippen molar-refractivity contribution in [1.29, 1.82) is 0 Å². The predicted molar refractivity (Wildman–Crippen MR) is 73.9 cm³/mol. The van der Waals surface area contributed by atoms with Gasteiger partial charge in [0.2, 0.25) is 0 Å². The Kier molecular flexibility index (Phi) is 2.84. The lowest BCUT2D eigenvalue weighted by Gasteiger charge is -2.06. The quantitative estimate of drug-likeness (QED) is 0.708. The van der Waals surface area contributed by atoms with Gasteiger partial charge in [0, 0.05) is 48.6 Å². The number of aromatic nitrogens is 3. The van der Waals surface area contributed by atoms with Gasteiger partial charge in [-0.3, -0.25) is 4.68 Å². The lowest BCUT2D eigenvalue weighted by molar-refractivity contribution is 0.649. The fourth-order valence-electron chi connectivity index (χ4n) is 2.23. The molecule has 0 aliphatic heterocycles. The number of halogens is 1. The van der Waals surface area contributed by atoms with Gasteiger partial charge in [-0.25, -0.2) is 0 Å². The van der Waals surface area contributed by atoms with Gasteiger partial charge in [0.25, 0.3) is 0 Å². The number of hydrogen-bond acceptors (Lipinski definition) is 1. The first-order valence-electron chi connectivity index (χ1n) is 5.95. The molecule has 0 bridgehead atoms. The van der Waals surface area contributed by atoms with Crippen LogP contribution in [0, 0.1) is 0 Å². The first-order valence-corrected chi connectivity index (χ1v) is 6.33. The van der Waals surface area contributed by atoms with Crippen LogP contribution in [-0.4, -0.2) is 14.3 Å². The fraction of sp³-hybridized carbons (Fsp3) is 0.214. The first-order chi connectivity index (χ1) is 8.74. The highest BCUT2D eigenvalue weighted by atomic mass is 35.5. The molecule has 1 aromatic carbocycles. The summed E-state index contributed by atoms with van der Waals surface area (Å²) < 4.78 is 4.15. The van der Waals surface area contributed by atoms with Crippen LogP contribution < -0.4 is 0 Å².